The van der Waals surface area contributed by atoms with Crippen LogP contribution in [0, 0.1) is 13.8 Å². The van der Waals surface area contributed by atoms with Crippen LogP contribution in [0.2, 0.25) is 5.02 Å². The molecule has 0 saturated carbocycles. The maximum Gasteiger partial charge on any atom is 0.142 e. The summed E-state index contributed by atoms with van der Waals surface area (Å²) < 4.78 is 5.50. The van der Waals surface area contributed by atoms with Crippen molar-refractivity contribution in [2.75, 3.05) is 5.73 Å². The molecule has 92 valence electrons. The number of aryl methyl sites for hydroxylation is 2. The van der Waals surface area contributed by atoms with Crippen molar-refractivity contribution in [2.24, 2.45) is 0 Å². The van der Waals surface area contributed by atoms with Crippen molar-refractivity contribution in [2.45, 2.75) is 13.8 Å². The number of aromatic nitrogens is 2. The van der Waals surface area contributed by atoms with E-state index < -0.39 is 0 Å². The highest BCUT2D eigenvalue weighted by Crippen LogP contribution is 2.30. The summed E-state index contributed by atoms with van der Waals surface area (Å²) in [4.78, 5) is 7.71. The number of halogens is 1. The molecular formula is C13H12ClN3O. The lowest BCUT2D eigenvalue weighted by Gasteiger charge is -1.94. The molecule has 4 nitrogen and oxygen atoms in total. The molecule has 0 fully saturated rings. The number of hydrogen-bond acceptors (Lipinski definition) is 3. The minimum atomic E-state index is 0.567. The van der Waals surface area contributed by atoms with Gasteiger partial charge in [-0.15, -0.1) is 0 Å². The molecule has 1 aromatic carbocycles. The third kappa shape index (κ3) is 1.66. The molecule has 5 heteroatoms. The monoisotopic (exact) mass is 261 g/mol. The van der Waals surface area contributed by atoms with Crippen molar-refractivity contribution < 1.29 is 4.42 Å². The number of furan rings is 1. The summed E-state index contributed by atoms with van der Waals surface area (Å²) in [6.45, 7) is 3.82. The zero-order valence-electron chi connectivity index (χ0n) is 10.0. The predicted octanol–water partition coefficient (Wildman–Crippen LogP) is 3.68. The first kappa shape index (κ1) is 11.2. The molecule has 3 rings (SSSR count). The van der Waals surface area contributed by atoms with Crippen LogP contribution < -0.4 is 5.73 Å². The summed E-state index contributed by atoms with van der Waals surface area (Å²) in [5.74, 6) is 2.43. The largest absolute Gasteiger partial charge is 0.466 e. The first-order chi connectivity index (χ1) is 8.54. The van der Waals surface area contributed by atoms with Crippen molar-refractivity contribution in [1.82, 2.24) is 9.97 Å². The molecule has 18 heavy (non-hydrogen) atoms. The summed E-state index contributed by atoms with van der Waals surface area (Å²) in [5, 5.41) is 0.593. The van der Waals surface area contributed by atoms with E-state index in [1.165, 1.54) is 0 Å². The Labute approximate surface area is 109 Å². The zero-order valence-corrected chi connectivity index (χ0v) is 10.8. The van der Waals surface area contributed by atoms with E-state index in [0.29, 0.717) is 10.7 Å². The summed E-state index contributed by atoms with van der Waals surface area (Å²) in [7, 11) is 0. The van der Waals surface area contributed by atoms with E-state index >= 15 is 0 Å². The number of nitrogens with one attached hydrogen (secondary N) is 1. The first-order valence-corrected chi connectivity index (χ1v) is 5.94. The van der Waals surface area contributed by atoms with E-state index in [1.807, 2.05) is 26.0 Å². The molecule has 0 bridgehead atoms. The van der Waals surface area contributed by atoms with Crippen LogP contribution in [0.5, 0.6) is 0 Å². The first-order valence-electron chi connectivity index (χ1n) is 5.57. The van der Waals surface area contributed by atoms with Crippen molar-refractivity contribution in [3.63, 3.8) is 0 Å². The van der Waals surface area contributed by atoms with E-state index in [4.69, 9.17) is 21.8 Å². The van der Waals surface area contributed by atoms with E-state index in [-0.39, 0.29) is 0 Å². The molecule has 0 aliphatic heterocycles. The topological polar surface area (TPSA) is 67.8 Å². The van der Waals surface area contributed by atoms with Gasteiger partial charge in [0.2, 0.25) is 0 Å². The fourth-order valence-corrected chi connectivity index (χ4v) is 2.33. The zero-order chi connectivity index (χ0) is 12.9. The van der Waals surface area contributed by atoms with E-state index in [9.17, 15) is 0 Å². The third-order valence-corrected chi connectivity index (χ3v) is 3.10. The highest BCUT2D eigenvalue weighted by molar-refractivity contribution is 6.31. The van der Waals surface area contributed by atoms with Gasteiger partial charge >= 0.3 is 0 Å². The Morgan fingerprint density at radius 3 is 2.72 bits per heavy atom. The lowest BCUT2D eigenvalue weighted by atomic mass is 10.2. The maximum atomic E-state index is 5.97. The number of rotatable bonds is 1. The molecule has 0 spiro atoms. The lowest BCUT2D eigenvalue weighted by molar-refractivity contribution is 0.505. The van der Waals surface area contributed by atoms with Gasteiger partial charge in [0.15, 0.2) is 0 Å². The highest BCUT2D eigenvalue weighted by atomic mass is 35.5. The smallest absolute Gasteiger partial charge is 0.142 e. The second kappa shape index (κ2) is 3.78. The van der Waals surface area contributed by atoms with Gasteiger partial charge in [-0.05, 0) is 32.0 Å². The Hall–Kier alpha value is -1.94. The average molecular weight is 262 g/mol. The molecular weight excluding hydrogens is 250 g/mol. The van der Waals surface area contributed by atoms with Gasteiger partial charge in [0.05, 0.1) is 16.8 Å². The number of nitrogen functional groups attached to an aromatic ring is 1. The minimum absolute atomic E-state index is 0.567. The SMILES string of the molecule is Cc1cc(-c2nc3c(N)cc(Cl)cc3[nH]2)c(C)o1. The Morgan fingerprint density at radius 1 is 1.28 bits per heavy atom. The summed E-state index contributed by atoms with van der Waals surface area (Å²) >= 11 is 5.97. The van der Waals surface area contributed by atoms with Crippen LogP contribution in [0.15, 0.2) is 22.6 Å². The standard InChI is InChI=1S/C13H12ClN3O/c1-6-3-9(7(2)18-6)13-16-11-5-8(14)4-10(15)12(11)17-13/h3-5H,15H2,1-2H3,(H,16,17). The summed E-state index contributed by atoms with van der Waals surface area (Å²) in [5.41, 5.74) is 8.97. The van der Waals surface area contributed by atoms with Crippen LogP contribution >= 0.6 is 11.6 Å². The van der Waals surface area contributed by atoms with Crippen LogP contribution in [0.4, 0.5) is 5.69 Å². The predicted molar refractivity (Wildman–Crippen MR) is 72.7 cm³/mol. The number of imidazole rings is 1. The van der Waals surface area contributed by atoms with E-state index in [1.54, 1.807) is 6.07 Å². The van der Waals surface area contributed by atoms with Crippen LogP contribution in [0.3, 0.4) is 0 Å². The molecule has 0 amide bonds. The molecule has 3 aromatic rings. The van der Waals surface area contributed by atoms with Gasteiger partial charge in [0.25, 0.3) is 0 Å². The Morgan fingerprint density at radius 2 is 2.06 bits per heavy atom. The molecule has 2 aromatic heterocycles. The number of nitrogens with two attached hydrogens (primary N) is 1. The van der Waals surface area contributed by atoms with Gasteiger partial charge in [-0.3, -0.25) is 0 Å². The van der Waals surface area contributed by atoms with Gasteiger partial charge in [-0.25, -0.2) is 4.98 Å². The van der Waals surface area contributed by atoms with Crippen molar-refractivity contribution in [3.05, 3.63) is 34.7 Å². The Bertz CT molecular complexity index is 742. The second-order valence-corrected chi connectivity index (χ2v) is 4.74. The maximum absolute atomic E-state index is 5.97. The second-order valence-electron chi connectivity index (χ2n) is 4.30. The average Bonchev–Trinajstić information content (AvgIpc) is 2.81. The number of H-pyrrole nitrogens is 1. The third-order valence-electron chi connectivity index (χ3n) is 2.88. The van der Waals surface area contributed by atoms with Crippen LogP contribution in [0.1, 0.15) is 11.5 Å². The van der Waals surface area contributed by atoms with Gasteiger partial charge in [0.1, 0.15) is 22.9 Å². The lowest BCUT2D eigenvalue weighted by Crippen LogP contribution is -1.86. The molecule has 0 atom stereocenters. The Balaban J connectivity index is 2.25. The van der Waals surface area contributed by atoms with Crippen molar-refractivity contribution >= 4 is 28.3 Å². The van der Waals surface area contributed by atoms with E-state index in [2.05, 4.69) is 9.97 Å². The number of benzene rings is 1. The van der Waals surface area contributed by atoms with Crippen LogP contribution in [-0.4, -0.2) is 9.97 Å². The van der Waals surface area contributed by atoms with Gasteiger partial charge < -0.3 is 15.1 Å². The quantitative estimate of drug-likeness (QED) is 0.657. The van der Waals surface area contributed by atoms with Crippen LogP contribution in [0.25, 0.3) is 22.4 Å². The highest BCUT2D eigenvalue weighted by Gasteiger charge is 2.13. The van der Waals surface area contributed by atoms with Gasteiger partial charge in [-0.1, -0.05) is 11.6 Å². The van der Waals surface area contributed by atoms with Gasteiger partial charge in [-0.2, -0.15) is 0 Å². The molecule has 0 aliphatic carbocycles. The fraction of sp³-hybridized carbons (Fsp3) is 0.154. The molecule has 0 unspecified atom stereocenters. The summed E-state index contributed by atoms with van der Waals surface area (Å²) in [6, 6.07) is 5.46. The fourth-order valence-electron chi connectivity index (χ4n) is 2.10. The van der Waals surface area contributed by atoms with Gasteiger partial charge in [0, 0.05) is 5.02 Å². The van der Waals surface area contributed by atoms with Crippen molar-refractivity contribution in [1.29, 1.82) is 0 Å². The number of fused-ring (bicyclic) bond motifs is 1. The van der Waals surface area contributed by atoms with E-state index in [0.717, 1.165) is 33.9 Å². The normalized spacial score (nSPS) is 11.3. The molecule has 2 heterocycles. The number of hydrogen-bond donors (Lipinski definition) is 2. The summed E-state index contributed by atoms with van der Waals surface area (Å²) in [6.07, 6.45) is 0. The number of aromatic amines is 1. The van der Waals surface area contributed by atoms with Crippen LogP contribution in [-0.2, 0) is 0 Å². The number of nitrogens with zero attached hydrogens (tertiary/aromatic N) is 1. The van der Waals surface area contributed by atoms with Crippen molar-refractivity contribution in [3.8, 4) is 11.4 Å². The molecule has 3 N–H and O–H groups in total. The molecule has 0 radical (unpaired) electrons. The molecule has 0 saturated heterocycles. The minimum Gasteiger partial charge on any atom is -0.466 e. The number of anilines is 1. The Kier molecular flexibility index (Phi) is 2.35. The molecule has 0 aliphatic rings.